The quantitative estimate of drug-likeness (QED) is 0.158. The van der Waals surface area contributed by atoms with Crippen LogP contribution in [0.5, 0.6) is 0 Å². The number of halogens is 2. The Kier molecular flexibility index (Phi) is 8.85. The highest BCUT2D eigenvalue weighted by atomic mass is 32.2. The monoisotopic (exact) mass is 604 g/mol. The Morgan fingerprint density at radius 2 is 0.837 bits per heavy atom. The van der Waals surface area contributed by atoms with E-state index in [1.807, 2.05) is 0 Å². The number of hydrogen-bond acceptors (Lipinski definition) is 3. The molecule has 0 atom stereocenters. The predicted molar refractivity (Wildman–Crippen MR) is 173 cm³/mol. The van der Waals surface area contributed by atoms with E-state index < -0.39 is 22.0 Å². The van der Waals surface area contributed by atoms with Crippen LogP contribution < -0.4 is 0 Å². The van der Waals surface area contributed by atoms with Crippen LogP contribution in [0.3, 0.4) is 0 Å². The van der Waals surface area contributed by atoms with Crippen molar-refractivity contribution in [3.8, 4) is 22.3 Å². The van der Waals surface area contributed by atoms with Crippen LogP contribution in [0.25, 0.3) is 43.8 Å². The van der Waals surface area contributed by atoms with Crippen molar-refractivity contribution in [1.29, 1.82) is 0 Å². The Bertz CT molecular complexity index is 1680. The Morgan fingerprint density at radius 1 is 0.558 bits per heavy atom. The first-order valence-electron chi connectivity index (χ1n) is 14.1. The molecule has 0 radical (unpaired) electrons. The molecule has 5 aromatic rings. The van der Waals surface area contributed by atoms with Gasteiger partial charge in [-0.1, -0.05) is 139 Å². The number of benzene rings is 5. The SMILES string of the molecule is CC(C)(C)c1ccc(-c2c3ccccc3c(-c3ccc(C(C)(C)C)cc3)c3ccccc23)cc1.O=S(=O)(O)C(F)(F)CO. The maximum absolute atomic E-state index is 11.6. The third-order valence-corrected chi connectivity index (χ3v) is 8.46. The van der Waals surface area contributed by atoms with E-state index in [0.717, 1.165) is 0 Å². The Hall–Kier alpha value is -3.65. The van der Waals surface area contributed by atoms with Gasteiger partial charge < -0.3 is 5.11 Å². The molecule has 0 saturated carbocycles. The lowest BCUT2D eigenvalue weighted by molar-refractivity contribution is 0.0187. The Balaban J connectivity index is 0.000000410. The highest BCUT2D eigenvalue weighted by Crippen LogP contribution is 2.44. The summed E-state index contributed by atoms with van der Waals surface area (Å²) in [6.07, 6.45) is 0. The Morgan fingerprint density at radius 3 is 1.02 bits per heavy atom. The van der Waals surface area contributed by atoms with E-state index >= 15 is 0 Å². The van der Waals surface area contributed by atoms with Gasteiger partial charge in [-0.05, 0) is 65.8 Å². The summed E-state index contributed by atoms with van der Waals surface area (Å²) < 4.78 is 49.8. The lowest BCUT2D eigenvalue weighted by Gasteiger charge is -2.22. The summed E-state index contributed by atoms with van der Waals surface area (Å²) in [5.41, 5.74) is 8.20. The minimum absolute atomic E-state index is 0.145. The van der Waals surface area contributed by atoms with Crippen molar-refractivity contribution in [2.45, 2.75) is 57.6 Å². The van der Waals surface area contributed by atoms with Crippen LogP contribution in [0, 0.1) is 0 Å². The van der Waals surface area contributed by atoms with E-state index in [1.54, 1.807) is 0 Å². The van der Waals surface area contributed by atoms with Crippen LogP contribution in [0.15, 0.2) is 97.1 Å². The molecule has 5 aromatic carbocycles. The first-order chi connectivity index (χ1) is 20.0. The average molecular weight is 605 g/mol. The summed E-state index contributed by atoms with van der Waals surface area (Å²) in [6.45, 7) is 11.7. The molecule has 43 heavy (non-hydrogen) atoms. The van der Waals surface area contributed by atoms with E-state index in [2.05, 4.69) is 139 Å². The van der Waals surface area contributed by atoms with Gasteiger partial charge in [-0.25, -0.2) is 0 Å². The molecule has 226 valence electrons. The zero-order valence-corrected chi connectivity index (χ0v) is 26.1. The molecule has 0 aliphatic carbocycles. The fourth-order valence-corrected chi connectivity index (χ4v) is 5.27. The van der Waals surface area contributed by atoms with Gasteiger partial charge in [-0.15, -0.1) is 0 Å². The van der Waals surface area contributed by atoms with Gasteiger partial charge in [0.2, 0.25) is 0 Å². The van der Waals surface area contributed by atoms with E-state index in [4.69, 9.17) is 9.66 Å². The molecule has 0 heterocycles. The Labute approximate surface area is 252 Å². The normalized spacial score (nSPS) is 12.7. The largest absolute Gasteiger partial charge is 0.392 e. The van der Waals surface area contributed by atoms with Crippen molar-refractivity contribution in [2.24, 2.45) is 0 Å². The standard InChI is InChI=1S/C34H34.C2H4F2O4S/c1-33(2,3)25-19-15-23(16-20-25)31-27-11-7-9-13-29(27)32(30-14-10-8-12-28(30)31)24-17-21-26(22-18-24)34(4,5)6;3-2(4,1-5)9(6,7)8/h7-22H,1-6H3;5H,1H2,(H,6,7,8). The molecule has 7 heteroatoms. The molecule has 0 amide bonds. The summed E-state index contributed by atoms with van der Waals surface area (Å²) in [5, 5.41) is 8.42. The van der Waals surface area contributed by atoms with Crippen molar-refractivity contribution in [1.82, 2.24) is 0 Å². The van der Waals surface area contributed by atoms with Crippen molar-refractivity contribution in [3.05, 3.63) is 108 Å². The second kappa shape index (κ2) is 11.8. The molecule has 0 bridgehead atoms. The lowest BCUT2D eigenvalue weighted by atomic mass is 9.82. The van der Waals surface area contributed by atoms with Crippen LogP contribution in [-0.4, -0.2) is 29.9 Å². The van der Waals surface area contributed by atoms with Crippen molar-refractivity contribution in [2.75, 3.05) is 6.61 Å². The summed E-state index contributed by atoms with van der Waals surface area (Å²) >= 11 is 0. The molecular formula is C36H38F2O4S. The second-order valence-electron chi connectivity index (χ2n) is 12.8. The average Bonchev–Trinajstić information content (AvgIpc) is 2.95. The van der Waals surface area contributed by atoms with Gasteiger partial charge in [0.25, 0.3) is 0 Å². The smallest absolute Gasteiger partial charge is 0.389 e. The highest BCUT2D eigenvalue weighted by molar-refractivity contribution is 7.86. The molecule has 4 nitrogen and oxygen atoms in total. The first-order valence-corrected chi connectivity index (χ1v) is 15.5. The van der Waals surface area contributed by atoms with Crippen LogP contribution in [0.2, 0.25) is 0 Å². The minimum atomic E-state index is -5.44. The van der Waals surface area contributed by atoms with E-state index in [9.17, 15) is 17.2 Å². The zero-order chi connectivity index (χ0) is 31.8. The fraction of sp³-hybridized carbons (Fsp3) is 0.278. The molecule has 0 saturated heterocycles. The predicted octanol–water partition coefficient (Wildman–Crippen LogP) is 9.38. The van der Waals surface area contributed by atoms with Gasteiger partial charge in [0.05, 0.1) is 0 Å². The third kappa shape index (κ3) is 6.80. The molecule has 0 aliphatic heterocycles. The second-order valence-corrected chi connectivity index (χ2v) is 14.3. The van der Waals surface area contributed by atoms with Crippen molar-refractivity contribution in [3.63, 3.8) is 0 Å². The molecule has 2 N–H and O–H groups in total. The third-order valence-electron chi connectivity index (χ3n) is 7.57. The van der Waals surface area contributed by atoms with Crippen LogP contribution in [-0.2, 0) is 20.9 Å². The summed E-state index contributed by atoms with van der Waals surface area (Å²) in [5.74, 6) is 0. The number of aliphatic hydroxyl groups is 1. The molecule has 0 spiro atoms. The number of rotatable bonds is 4. The minimum Gasteiger partial charge on any atom is -0.389 e. The summed E-state index contributed by atoms with van der Waals surface area (Å²) in [4.78, 5) is 0. The van der Waals surface area contributed by atoms with Gasteiger partial charge in [-0.2, -0.15) is 17.2 Å². The van der Waals surface area contributed by atoms with Gasteiger partial charge in [0.1, 0.15) is 6.61 Å². The van der Waals surface area contributed by atoms with Gasteiger partial charge >= 0.3 is 15.4 Å². The maximum Gasteiger partial charge on any atom is 0.392 e. The van der Waals surface area contributed by atoms with Gasteiger partial charge in [-0.3, -0.25) is 4.55 Å². The van der Waals surface area contributed by atoms with E-state index in [-0.39, 0.29) is 10.8 Å². The molecule has 5 rings (SSSR count). The number of fused-ring (bicyclic) bond motifs is 2. The molecule has 0 unspecified atom stereocenters. The van der Waals surface area contributed by atoms with Gasteiger partial charge in [0, 0.05) is 0 Å². The molecule has 0 aliphatic rings. The zero-order valence-electron chi connectivity index (χ0n) is 25.3. The number of hydrogen-bond donors (Lipinski definition) is 2. The molecule has 0 fully saturated rings. The summed E-state index contributed by atoms with van der Waals surface area (Å²) in [7, 11) is -5.44. The molecular weight excluding hydrogens is 566 g/mol. The fourth-order valence-electron chi connectivity index (χ4n) is 5.11. The van der Waals surface area contributed by atoms with Gasteiger partial charge in [0.15, 0.2) is 0 Å². The highest BCUT2D eigenvalue weighted by Gasteiger charge is 2.43. The van der Waals surface area contributed by atoms with E-state index in [0.29, 0.717) is 0 Å². The summed E-state index contributed by atoms with van der Waals surface area (Å²) in [6, 6.07) is 36.1. The topological polar surface area (TPSA) is 74.6 Å². The van der Waals surface area contributed by atoms with E-state index in [1.165, 1.54) is 54.9 Å². The van der Waals surface area contributed by atoms with Crippen LogP contribution in [0.4, 0.5) is 8.78 Å². The lowest BCUT2D eigenvalue weighted by Crippen LogP contribution is -2.31. The van der Waals surface area contributed by atoms with Crippen LogP contribution in [0.1, 0.15) is 52.7 Å². The number of aliphatic hydroxyl groups excluding tert-OH is 1. The maximum atomic E-state index is 11.6. The molecule has 0 aromatic heterocycles. The number of alkyl halides is 2. The van der Waals surface area contributed by atoms with Crippen molar-refractivity contribution >= 4 is 31.7 Å². The van der Waals surface area contributed by atoms with Crippen molar-refractivity contribution < 1.29 is 26.9 Å². The first kappa shape index (κ1) is 32.3. The van der Waals surface area contributed by atoms with Crippen LogP contribution >= 0.6 is 0 Å².